The first-order valence-corrected chi connectivity index (χ1v) is 13.0. The topological polar surface area (TPSA) is 214 Å². The highest BCUT2D eigenvalue weighted by Crippen LogP contribution is 2.45. The number of sulfonamides is 1. The predicted octanol–water partition coefficient (Wildman–Crippen LogP) is 1.37. The number of fused-ring (bicyclic) bond motifs is 1. The van der Waals surface area contributed by atoms with Crippen LogP contribution >= 0.6 is 23.1 Å². The van der Waals surface area contributed by atoms with Crippen LogP contribution in [0.4, 0.5) is 5.13 Å². The number of aromatic amines is 1. The molecular weight excluding hydrogens is 500 g/mol. The molecule has 0 atom stereocenters. The number of thiazole rings is 1. The van der Waals surface area contributed by atoms with Gasteiger partial charge < -0.3 is 11.5 Å². The second kappa shape index (κ2) is 9.58. The zero-order valence-electron chi connectivity index (χ0n) is 17.3. The quantitative estimate of drug-likeness (QED) is 0.296. The molecule has 2 heterocycles. The number of nitrogens with two attached hydrogens (primary N) is 3. The summed E-state index contributed by atoms with van der Waals surface area (Å²) in [6, 6.07) is 9.37. The van der Waals surface area contributed by atoms with Crippen LogP contribution in [0.5, 0.6) is 0 Å². The fourth-order valence-corrected chi connectivity index (χ4v) is 7.21. The molecule has 176 valence electrons. The molecule has 7 N–H and O–H groups in total. The molecule has 0 radical (unpaired) electrons. The van der Waals surface area contributed by atoms with Crippen molar-refractivity contribution in [3.8, 4) is 22.5 Å². The molecule has 5 rings (SSSR count). The number of hydrogen-bond acceptors (Lipinski definition) is 12. The van der Waals surface area contributed by atoms with Gasteiger partial charge in [0.2, 0.25) is 15.8 Å². The van der Waals surface area contributed by atoms with Crippen LogP contribution in [0.2, 0.25) is 0 Å². The maximum atomic E-state index is 12.8. The van der Waals surface area contributed by atoms with Crippen LogP contribution in [0.3, 0.4) is 0 Å². The van der Waals surface area contributed by atoms with Crippen molar-refractivity contribution < 1.29 is 18.0 Å². The van der Waals surface area contributed by atoms with Crippen LogP contribution in [0, 0.1) is 0 Å². The van der Waals surface area contributed by atoms with Gasteiger partial charge in [-0.15, -0.1) is 22.0 Å². The summed E-state index contributed by atoms with van der Waals surface area (Å²) in [5.41, 5.74) is 14.1. The van der Waals surface area contributed by atoms with E-state index in [0.29, 0.717) is 26.7 Å². The zero-order chi connectivity index (χ0) is 24.5. The van der Waals surface area contributed by atoms with Gasteiger partial charge in [-0.2, -0.15) is 14.8 Å². The van der Waals surface area contributed by atoms with Crippen LogP contribution in [0.15, 0.2) is 40.1 Å². The highest BCUT2D eigenvalue weighted by atomic mass is 32.2. The van der Waals surface area contributed by atoms with Gasteiger partial charge in [-0.05, 0) is 35.8 Å². The third kappa shape index (κ3) is 4.70. The standard InChI is InChI=1S/C18H18N8O2S3.CO2/c19-8-6-9(7-8)29-13-5-4-10(11-2-1-3-12-15(11)22-18(20)30-12)14(16(13)31(21,27)28)17-23-25-26-24-17;2-1-3/h1-5,8-9H,6-7,19H2,(H2,20,22)(H2,21,27,28)(H,23,24,25,26);. The number of aromatic nitrogens is 5. The lowest BCUT2D eigenvalue weighted by Crippen LogP contribution is -2.38. The first-order chi connectivity index (χ1) is 16.2. The zero-order valence-corrected chi connectivity index (χ0v) is 19.8. The summed E-state index contributed by atoms with van der Waals surface area (Å²) in [4.78, 5) is 21.2. The molecule has 2 aromatic heterocycles. The first-order valence-electron chi connectivity index (χ1n) is 9.73. The largest absolute Gasteiger partial charge is 0.375 e. The molecule has 0 saturated heterocycles. The van der Waals surface area contributed by atoms with Gasteiger partial charge in [-0.1, -0.05) is 29.5 Å². The van der Waals surface area contributed by atoms with Crippen molar-refractivity contribution in [2.75, 3.05) is 5.73 Å². The summed E-state index contributed by atoms with van der Waals surface area (Å²) >= 11 is 2.81. The van der Waals surface area contributed by atoms with Crippen LogP contribution in [-0.2, 0) is 19.6 Å². The number of nitrogens with one attached hydrogen (secondary N) is 1. The normalized spacial score (nSPS) is 17.5. The number of carbonyl (C=O) groups excluding carboxylic acids is 2. The van der Waals surface area contributed by atoms with E-state index in [1.807, 2.05) is 24.3 Å². The second-order valence-electron chi connectivity index (χ2n) is 7.35. The van der Waals surface area contributed by atoms with Gasteiger partial charge in [0.05, 0.1) is 15.8 Å². The lowest BCUT2D eigenvalue weighted by molar-refractivity contribution is -0.191. The van der Waals surface area contributed by atoms with E-state index in [-0.39, 0.29) is 33.7 Å². The molecule has 0 unspecified atom stereocenters. The molecule has 4 aromatic rings. The number of thioether (sulfide) groups is 1. The minimum absolute atomic E-state index is 0.0305. The minimum Gasteiger partial charge on any atom is -0.375 e. The van der Waals surface area contributed by atoms with E-state index < -0.39 is 10.0 Å². The summed E-state index contributed by atoms with van der Waals surface area (Å²) < 4.78 is 26.5. The Morgan fingerprint density at radius 2 is 1.88 bits per heavy atom. The van der Waals surface area contributed by atoms with Gasteiger partial charge >= 0.3 is 6.15 Å². The molecular formula is C19H18N8O4S3. The Bertz CT molecular complexity index is 1470. The number of rotatable bonds is 5. The average molecular weight is 519 g/mol. The van der Waals surface area contributed by atoms with Crippen LogP contribution in [0.1, 0.15) is 12.8 Å². The first kappa shape index (κ1) is 23.9. The highest BCUT2D eigenvalue weighted by Gasteiger charge is 2.32. The average Bonchev–Trinajstić information content (AvgIpc) is 3.40. The van der Waals surface area contributed by atoms with E-state index in [2.05, 4.69) is 25.6 Å². The smallest absolute Gasteiger partial charge is 0.373 e. The number of nitrogens with zero attached hydrogens (tertiary/aromatic N) is 4. The van der Waals surface area contributed by atoms with Crippen molar-refractivity contribution in [2.24, 2.45) is 10.9 Å². The molecule has 1 fully saturated rings. The van der Waals surface area contributed by atoms with Crippen molar-refractivity contribution >= 4 is 54.6 Å². The van der Waals surface area contributed by atoms with Gasteiger partial charge in [0.1, 0.15) is 4.90 Å². The molecule has 0 spiro atoms. The number of hydrogen-bond donors (Lipinski definition) is 4. The van der Waals surface area contributed by atoms with Crippen LogP contribution < -0.4 is 16.6 Å². The maximum absolute atomic E-state index is 12.8. The fraction of sp³-hybridized carbons (Fsp3) is 0.211. The molecule has 1 aliphatic rings. The second-order valence-corrected chi connectivity index (χ2v) is 11.3. The van der Waals surface area contributed by atoms with Crippen molar-refractivity contribution in [3.05, 3.63) is 30.3 Å². The Morgan fingerprint density at radius 1 is 1.15 bits per heavy atom. The summed E-state index contributed by atoms with van der Waals surface area (Å²) in [6.07, 6.45) is 1.87. The van der Waals surface area contributed by atoms with E-state index in [0.717, 1.165) is 17.5 Å². The molecule has 12 nitrogen and oxygen atoms in total. The molecule has 34 heavy (non-hydrogen) atoms. The Hall–Kier alpha value is -3.20. The Balaban J connectivity index is 0.000000868. The van der Waals surface area contributed by atoms with E-state index in [1.54, 1.807) is 6.07 Å². The number of para-hydroxylation sites is 1. The number of anilines is 1. The van der Waals surface area contributed by atoms with E-state index in [9.17, 15) is 8.42 Å². The molecule has 15 heteroatoms. The summed E-state index contributed by atoms with van der Waals surface area (Å²) in [7, 11) is -4.13. The van der Waals surface area contributed by atoms with Gasteiger partial charge in [-0.3, -0.25) is 0 Å². The van der Waals surface area contributed by atoms with Crippen molar-refractivity contribution in [1.82, 2.24) is 25.6 Å². The Labute approximate surface area is 201 Å². The summed E-state index contributed by atoms with van der Waals surface area (Å²) in [5, 5.41) is 20.5. The highest BCUT2D eigenvalue weighted by molar-refractivity contribution is 8.00. The van der Waals surface area contributed by atoms with Gasteiger partial charge in [0.25, 0.3) is 0 Å². The molecule has 2 aromatic carbocycles. The van der Waals surface area contributed by atoms with E-state index in [1.165, 1.54) is 23.1 Å². The lowest BCUT2D eigenvalue weighted by Gasteiger charge is -2.32. The number of benzene rings is 2. The van der Waals surface area contributed by atoms with Gasteiger partial charge in [0, 0.05) is 21.8 Å². The van der Waals surface area contributed by atoms with Crippen molar-refractivity contribution in [2.45, 2.75) is 33.9 Å². The maximum Gasteiger partial charge on any atom is 0.373 e. The molecule has 0 bridgehead atoms. The summed E-state index contributed by atoms with van der Waals surface area (Å²) in [5.74, 6) is 0.131. The predicted molar refractivity (Wildman–Crippen MR) is 126 cm³/mol. The molecule has 0 aliphatic heterocycles. The fourth-order valence-electron chi connectivity index (χ4n) is 3.72. The third-order valence-electron chi connectivity index (χ3n) is 5.13. The number of tetrazole rings is 1. The van der Waals surface area contributed by atoms with E-state index >= 15 is 0 Å². The van der Waals surface area contributed by atoms with Crippen molar-refractivity contribution in [1.29, 1.82) is 0 Å². The van der Waals surface area contributed by atoms with Gasteiger partial charge in [-0.25, -0.2) is 18.5 Å². The number of nitrogen functional groups attached to an aromatic ring is 1. The minimum atomic E-state index is -4.13. The monoisotopic (exact) mass is 518 g/mol. The molecule has 1 aliphatic carbocycles. The molecule has 1 saturated carbocycles. The lowest BCUT2D eigenvalue weighted by atomic mass is 9.93. The van der Waals surface area contributed by atoms with Crippen molar-refractivity contribution in [3.63, 3.8) is 0 Å². The van der Waals surface area contributed by atoms with Crippen LogP contribution in [0.25, 0.3) is 32.7 Å². The number of primary sulfonamides is 1. The Kier molecular flexibility index (Phi) is 6.74. The SMILES string of the molecule is Nc1nc2c(-c3ccc(SC4CC(N)C4)c(S(N)(=O)=O)c3-c3nn[nH]n3)cccc2s1.O=C=O. The summed E-state index contributed by atoms with van der Waals surface area (Å²) in [6.45, 7) is 0. The van der Waals surface area contributed by atoms with Crippen LogP contribution in [-0.4, -0.2) is 51.5 Å². The molecule has 0 amide bonds. The van der Waals surface area contributed by atoms with E-state index in [4.69, 9.17) is 26.2 Å². The third-order valence-corrected chi connectivity index (χ3v) is 8.41. The number of H-pyrrole nitrogens is 1. The van der Waals surface area contributed by atoms with Gasteiger partial charge in [0.15, 0.2) is 5.13 Å². The Morgan fingerprint density at radius 3 is 2.50 bits per heavy atom.